The first-order valence-electron chi connectivity index (χ1n) is 10.8. The predicted octanol–water partition coefficient (Wildman–Crippen LogP) is 3.26. The number of thiophene rings is 1. The third-order valence-electron chi connectivity index (χ3n) is 5.48. The fraction of sp³-hybridized carbons (Fsp3) is 0.391. The lowest BCUT2D eigenvalue weighted by Gasteiger charge is -2.08. The lowest BCUT2D eigenvalue weighted by molar-refractivity contribution is -0.115. The van der Waals surface area contributed by atoms with Gasteiger partial charge in [-0.3, -0.25) is 19.0 Å². The lowest BCUT2D eigenvalue weighted by atomic mass is 10.2. The number of ether oxygens (including phenoxy) is 1. The zero-order chi connectivity index (χ0) is 22.7. The van der Waals surface area contributed by atoms with Gasteiger partial charge in [0.05, 0.1) is 23.4 Å². The molecule has 8 nitrogen and oxygen atoms in total. The number of nitrogens with zero attached hydrogens (tertiary/aromatic N) is 2. The van der Waals surface area contributed by atoms with Crippen LogP contribution in [0.2, 0.25) is 0 Å². The summed E-state index contributed by atoms with van der Waals surface area (Å²) in [4.78, 5) is 43.7. The van der Waals surface area contributed by atoms with Crippen LogP contribution in [0.4, 0.5) is 5.69 Å². The molecule has 2 N–H and O–H groups in total. The molecule has 4 rings (SSSR count). The van der Waals surface area contributed by atoms with E-state index in [-0.39, 0.29) is 23.9 Å². The third-order valence-corrected chi connectivity index (χ3v) is 6.66. The van der Waals surface area contributed by atoms with E-state index in [9.17, 15) is 14.4 Å². The summed E-state index contributed by atoms with van der Waals surface area (Å²) in [6.45, 7) is 4.72. The average Bonchev–Trinajstić information content (AvgIpc) is 2.95. The molecule has 3 heterocycles. The zero-order valence-electron chi connectivity index (χ0n) is 18.2. The van der Waals surface area contributed by atoms with E-state index in [4.69, 9.17) is 4.74 Å². The highest BCUT2D eigenvalue weighted by molar-refractivity contribution is 7.20. The monoisotopic (exact) mass is 454 g/mol. The summed E-state index contributed by atoms with van der Waals surface area (Å²) in [5, 5.41) is 5.89. The Morgan fingerprint density at radius 1 is 1.19 bits per heavy atom. The van der Waals surface area contributed by atoms with E-state index >= 15 is 0 Å². The third kappa shape index (κ3) is 4.52. The number of aryl methyl sites for hydroxylation is 2. The summed E-state index contributed by atoms with van der Waals surface area (Å²) in [6.07, 6.45) is 3.83. The number of amides is 2. The number of anilines is 1. The standard InChI is InChI=1S/C23H26N4O4S/c1-3-31-16-10-8-15(9-11-16)25-18(28)13-24-21(29)20-14(2)19-22(32-20)26-17-7-5-4-6-12-27(17)23(19)30/h8-11H,3-7,12-13H2,1-2H3,(H,24,29)(H,25,28). The van der Waals surface area contributed by atoms with Crippen LogP contribution in [0, 0.1) is 6.92 Å². The number of benzene rings is 1. The first kappa shape index (κ1) is 22.0. The SMILES string of the molecule is CCOc1ccc(NC(=O)CNC(=O)c2sc3nc4n(c(=O)c3c2C)CCCCC4)cc1. The van der Waals surface area contributed by atoms with Crippen LogP contribution < -0.4 is 20.9 Å². The van der Waals surface area contributed by atoms with E-state index in [2.05, 4.69) is 15.6 Å². The molecule has 0 fully saturated rings. The molecule has 0 spiro atoms. The van der Waals surface area contributed by atoms with Gasteiger partial charge in [0, 0.05) is 18.7 Å². The topological polar surface area (TPSA) is 102 Å². The molecule has 0 unspecified atom stereocenters. The Kier molecular flexibility index (Phi) is 6.55. The van der Waals surface area contributed by atoms with Crippen molar-refractivity contribution in [1.82, 2.24) is 14.9 Å². The first-order chi connectivity index (χ1) is 15.5. The van der Waals surface area contributed by atoms with Crippen LogP contribution >= 0.6 is 11.3 Å². The summed E-state index contributed by atoms with van der Waals surface area (Å²) >= 11 is 1.21. The quantitative estimate of drug-likeness (QED) is 0.595. The Morgan fingerprint density at radius 3 is 2.72 bits per heavy atom. The van der Waals surface area contributed by atoms with E-state index in [0.717, 1.165) is 37.3 Å². The maximum absolute atomic E-state index is 13.0. The van der Waals surface area contributed by atoms with Crippen molar-refractivity contribution in [2.45, 2.75) is 46.1 Å². The summed E-state index contributed by atoms with van der Waals surface area (Å²) < 4.78 is 7.13. The number of rotatable bonds is 6. The van der Waals surface area contributed by atoms with Crippen molar-refractivity contribution in [3.05, 3.63) is 50.9 Å². The number of aromatic nitrogens is 2. The molecule has 0 radical (unpaired) electrons. The number of hydrogen-bond acceptors (Lipinski definition) is 6. The van der Waals surface area contributed by atoms with Crippen molar-refractivity contribution >= 4 is 39.1 Å². The molecule has 0 saturated heterocycles. The van der Waals surface area contributed by atoms with Gasteiger partial charge in [-0.15, -0.1) is 11.3 Å². The van der Waals surface area contributed by atoms with Crippen LogP contribution in [0.15, 0.2) is 29.1 Å². The second-order valence-corrected chi connectivity index (χ2v) is 8.72. The van der Waals surface area contributed by atoms with E-state index in [1.807, 2.05) is 6.92 Å². The molecule has 2 aromatic heterocycles. The molecule has 32 heavy (non-hydrogen) atoms. The summed E-state index contributed by atoms with van der Waals surface area (Å²) in [5.41, 5.74) is 1.16. The number of nitrogens with one attached hydrogen (secondary N) is 2. The highest BCUT2D eigenvalue weighted by atomic mass is 32.1. The van der Waals surface area contributed by atoms with Gasteiger partial charge < -0.3 is 15.4 Å². The number of carbonyl (C=O) groups is 2. The smallest absolute Gasteiger partial charge is 0.262 e. The van der Waals surface area contributed by atoms with Crippen LogP contribution in [0.3, 0.4) is 0 Å². The summed E-state index contributed by atoms with van der Waals surface area (Å²) in [7, 11) is 0. The van der Waals surface area contributed by atoms with Crippen LogP contribution in [0.25, 0.3) is 10.2 Å². The van der Waals surface area contributed by atoms with Gasteiger partial charge in [-0.25, -0.2) is 4.98 Å². The summed E-state index contributed by atoms with van der Waals surface area (Å²) in [6, 6.07) is 7.02. The minimum absolute atomic E-state index is 0.0760. The average molecular weight is 455 g/mol. The molecule has 9 heteroatoms. The van der Waals surface area contributed by atoms with Crippen molar-refractivity contribution < 1.29 is 14.3 Å². The lowest BCUT2D eigenvalue weighted by Crippen LogP contribution is -2.32. The molecule has 2 amide bonds. The van der Waals surface area contributed by atoms with Crippen molar-refractivity contribution in [3.8, 4) is 5.75 Å². The fourth-order valence-corrected chi connectivity index (χ4v) is 4.98. The first-order valence-corrected chi connectivity index (χ1v) is 11.6. The van der Waals surface area contributed by atoms with Crippen LogP contribution in [0.5, 0.6) is 5.75 Å². The molecule has 3 aromatic rings. The van der Waals surface area contributed by atoms with Gasteiger partial charge in [0.1, 0.15) is 16.4 Å². The molecule has 1 aliphatic heterocycles. The molecule has 0 saturated carbocycles. The van der Waals surface area contributed by atoms with Crippen molar-refractivity contribution in [2.75, 3.05) is 18.5 Å². The number of hydrogen-bond donors (Lipinski definition) is 2. The van der Waals surface area contributed by atoms with Gasteiger partial charge >= 0.3 is 0 Å². The Morgan fingerprint density at radius 2 is 1.97 bits per heavy atom. The number of fused-ring (bicyclic) bond motifs is 2. The van der Waals surface area contributed by atoms with Gasteiger partial charge in [0.25, 0.3) is 11.5 Å². The second-order valence-electron chi connectivity index (χ2n) is 7.72. The molecule has 1 aromatic carbocycles. The Labute approximate surface area is 189 Å². The van der Waals surface area contributed by atoms with E-state index in [1.165, 1.54) is 11.3 Å². The van der Waals surface area contributed by atoms with Gasteiger partial charge in [0.2, 0.25) is 5.91 Å². The zero-order valence-corrected chi connectivity index (χ0v) is 19.0. The van der Waals surface area contributed by atoms with Crippen LogP contribution in [-0.4, -0.2) is 34.5 Å². The minimum atomic E-state index is -0.382. The number of carbonyl (C=O) groups excluding carboxylic acids is 2. The predicted molar refractivity (Wildman–Crippen MR) is 125 cm³/mol. The van der Waals surface area contributed by atoms with Crippen LogP contribution in [0.1, 0.15) is 47.2 Å². The molecular weight excluding hydrogens is 428 g/mol. The molecule has 0 aliphatic carbocycles. The van der Waals surface area contributed by atoms with Gasteiger partial charge in [-0.2, -0.15) is 0 Å². The highest BCUT2D eigenvalue weighted by Gasteiger charge is 2.22. The Balaban J connectivity index is 1.45. The largest absolute Gasteiger partial charge is 0.494 e. The second kappa shape index (κ2) is 9.52. The minimum Gasteiger partial charge on any atom is -0.494 e. The molecule has 0 bridgehead atoms. The molecular formula is C23H26N4O4S. The maximum atomic E-state index is 13.0. The van der Waals surface area contributed by atoms with Crippen molar-refractivity contribution in [1.29, 1.82) is 0 Å². The van der Waals surface area contributed by atoms with E-state index in [0.29, 0.717) is 39.5 Å². The highest BCUT2D eigenvalue weighted by Crippen LogP contribution is 2.28. The Hall–Kier alpha value is -3.20. The molecule has 0 atom stereocenters. The fourth-order valence-electron chi connectivity index (χ4n) is 3.87. The maximum Gasteiger partial charge on any atom is 0.262 e. The van der Waals surface area contributed by atoms with E-state index in [1.54, 1.807) is 35.8 Å². The van der Waals surface area contributed by atoms with Crippen molar-refractivity contribution in [2.24, 2.45) is 0 Å². The molecule has 1 aliphatic rings. The van der Waals surface area contributed by atoms with E-state index < -0.39 is 0 Å². The van der Waals surface area contributed by atoms with Gasteiger partial charge in [-0.05, 0) is 56.5 Å². The van der Waals surface area contributed by atoms with Gasteiger partial charge in [0.15, 0.2) is 0 Å². The molecule has 168 valence electrons. The van der Waals surface area contributed by atoms with Gasteiger partial charge in [-0.1, -0.05) is 6.42 Å². The van der Waals surface area contributed by atoms with Crippen molar-refractivity contribution in [3.63, 3.8) is 0 Å². The Bertz CT molecular complexity index is 1210. The summed E-state index contributed by atoms with van der Waals surface area (Å²) in [5.74, 6) is 0.793. The normalized spacial score (nSPS) is 13.3. The van der Waals surface area contributed by atoms with Crippen LogP contribution in [-0.2, 0) is 17.8 Å².